The molecule has 0 aliphatic carbocycles. The Hall–Kier alpha value is -1.34. The lowest BCUT2D eigenvalue weighted by Crippen LogP contribution is -2.11. The highest BCUT2D eigenvalue weighted by atomic mass is 32.2. The van der Waals surface area contributed by atoms with Crippen molar-refractivity contribution in [2.75, 3.05) is 0 Å². The smallest absolute Gasteiger partial charge is 0.393 e. The van der Waals surface area contributed by atoms with Crippen molar-refractivity contribution in [3.05, 3.63) is 34.7 Å². The van der Waals surface area contributed by atoms with Crippen LogP contribution in [0.5, 0.6) is 0 Å². The highest BCUT2D eigenvalue weighted by molar-refractivity contribution is 7.95. The lowest BCUT2D eigenvalue weighted by molar-refractivity contribution is -0.139. The van der Waals surface area contributed by atoms with E-state index in [-0.39, 0.29) is 17.6 Å². The molecule has 0 saturated carbocycles. The van der Waals surface area contributed by atoms with E-state index in [1.54, 1.807) is 0 Å². The second kappa shape index (κ2) is 4.35. The summed E-state index contributed by atoms with van der Waals surface area (Å²) in [5.41, 5.74) is -0.936. The van der Waals surface area contributed by atoms with Gasteiger partial charge in [0.1, 0.15) is 0 Å². The number of alkyl halides is 3. The molecule has 0 bridgehead atoms. The number of hydrogen-bond acceptors (Lipinski definition) is 3. The summed E-state index contributed by atoms with van der Waals surface area (Å²) >= 11 is 0. The number of benzene rings is 1. The van der Waals surface area contributed by atoms with Gasteiger partial charge in [-0.25, -0.2) is 8.42 Å². The molecular weight excluding hydrogens is 281 g/mol. The lowest BCUT2D eigenvalue weighted by Gasteiger charge is -2.12. The lowest BCUT2D eigenvalue weighted by atomic mass is 10.00. The van der Waals surface area contributed by atoms with Gasteiger partial charge in [0.15, 0.2) is 0 Å². The van der Waals surface area contributed by atoms with Gasteiger partial charge in [-0.15, -0.1) is 0 Å². The third-order valence-corrected chi connectivity index (χ3v) is 4.37. The predicted molar refractivity (Wildman–Crippen MR) is 62.9 cm³/mol. The third-order valence-electron chi connectivity index (χ3n) is 2.76. The quantitative estimate of drug-likeness (QED) is 0.911. The van der Waals surface area contributed by atoms with E-state index in [9.17, 15) is 26.7 Å². The molecule has 0 radical (unpaired) electrons. The highest BCUT2D eigenvalue weighted by Crippen LogP contribution is 2.43. The van der Waals surface area contributed by atoms with E-state index in [2.05, 4.69) is 0 Å². The molecule has 1 unspecified atom stereocenters. The standard InChI is InChI=1S/C12H11F3O3S/c1-7(16)5-8-6-19(17,18)11-9(8)3-2-4-10(11)12(13,14)15/h2-4,6-7,16H,5H2,1H3. The van der Waals surface area contributed by atoms with Crippen molar-refractivity contribution >= 4 is 15.4 Å². The summed E-state index contributed by atoms with van der Waals surface area (Å²) in [4.78, 5) is -0.710. The van der Waals surface area contributed by atoms with E-state index >= 15 is 0 Å². The molecule has 1 aromatic carbocycles. The minimum Gasteiger partial charge on any atom is -0.393 e. The Morgan fingerprint density at radius 2 is 1.95 bits per heavy atom. The molecule has 1 heterocycles. The Morgan fingerprint density at radius 1 is 1.32 bits per heavy atom. The first-order valence-electron chi connectivity index (χ1n) is 5.47. The van der Waals surface area contributed by atoms with Gasteiger partial charge in [0.05, 0.1) is 16.6 Å². The second-order valence-corrected chi connectivity index (χ2v) is 6.16. The zero-order valence-corrected chi connectivity index (χ0v) is 10.7. The number of aliphatic hydroxyl groups is 1. The SMILES string of the molecule is CC(O)CC1=CS(=O)(=O)c2c1cccc2C(F)(F)F. The van der Waals surface area contributed by atoms with Gasteiger partial charge < -0.3 is 5.11 Å². The monoisotopic (exact) mass is 292 g/mol. The van der Waals surface area contributed by atoms with E-state index in [1.165, 1.54) is 19.1 Å². The van der Waals surface area contributed by atoms with Crippen LogP contribution in [0.3, 0.4) is 0 Å². The first-order chi connectivity index (χ1) is 8.63. The summed E-state index contributed by atoms with van der Waals surface area (Å²) < 4.78 is 62.2. The van der Waals surface area contributed by atoms with Crippen LogP contribution >= 0.6 is 0 Å². The van der Waals surface area contributed by atoms with E-state index in [0.29, 0.717) is 0 Å². The van der Waals surface area contributed by atoms with Crippen LogP contribution in [0.15, 0.2) is 28.5 Å². The van der Waals surface area contributed by atoms with Gasteiger partial charge >= 0.3 is 6.18 Å². The molecule has 1 aromatic rings. The Bertz CT molecular complexity index is 643. The average Bonchev–Trinajstić information content (AvgIpc) is 2.48. The molecule has 0 saturated heterocycles. The molecule has 1 atom stereocenters. The first kappa shape index (κ1) is 14.1. The maximum atomic E-state index is 12.8. The summed E-state index contributed by atoms with van der Waals surface area (Å²) in [6.07, 6.45) is -5.57. The van der Waals surface area contributed by atoms with Gasteiger partial charge in [-0.3, -0.25) is 0 Å². The Kier molecular flexibility index (Phi) is 3.22. The number of sulfone groups is 1. The van der Waals surface area contributed by atoms with Crippen molar-refractivity contribution in [2.45, 2.75) is 30.5 Å². The van der Waals surface area contributed by atoms with Gasteiger partial charge in [0.2, 0.25) is 9.84 Å². The molecular formula is C12H11F3O3S. The largest absolute Gasteiger partial charge is 0.417 e. The number of halogens is 3. The van der Waals surface area contributed by atoms with Crippen molar-refractivity contribution in [3.63, 3.8) is 0 Å². The first-order valence-corrected chi connectivity index (χ1v) is 7.02. The fourth-order valence-corrected chi connectivity index (χ4v) is 3.82. The molecule has 19 heavy (non-hydrogen) atoms. The molecule has 3 nitrogen and oxygen atoms in total. The van der Waals surface area contributed by atoms with Crippen LogP contribution in [0.25, 0.3) is 5.57 Å². The molecule has 7 heteroatoms. The molecule has 104 valence electrons. The highest BCUT2D eigenvalue weighted by Gasteiger charge is 2.40. The van der Waals surface area contributed by atoms with Crippen LogP contribution in [0.1, 0.15) is 24.5 Å². The molecule has 2 rings (SSSR count). The van der Waals surface area contributed by atoms with Gasteiger partial charge in [-0.05, 0) is 30.5 Å². The van der Waals surface area contributed by atoms with Crippen molar-refractivity contribution in [1.82, 2.24) is 0 Å². The van der Waals surface area contributed by atoms with Gasteiger partial charge in [-0.2, -0.15) is 13.2 Å². The van der Waals surface area contributed by atoms with Crippen molar-refractivity contribution in [2.24, 2.45) is 0 Å². The maximum absolute atomic E-state index is 12.8. The van der Waals surface area contributed by atoms with Crippen LogP contribution in [-0.2, 0) is 16.0 Å². The molecule has 0 spiro atoms. The van der Waals surface area contributed by atoms with Gasteiger partial charge in [0.25, 0.3) is 0 Å². The molecule has 1 aliphatic heterocycles. The summed E-state index contributed by atoms with van der Waals surface area (Å²) in [7, 11) is -4.11. The number of hydrogen-bond donors (Lipinski definition) is 1. The van der Waals surface area contributed by atoms with Crippen molar-refractivity contribution in [3.8, 4) is 0 Å². The normalized spacial score (nSPS) is 18.9. The van der Waals surface area contributed by atoms with Gasteiger partial charge in [-0.1, -0.05) is 12.1 Å². The molecule has 0 aromatic heterocycles. The number of aliphatic hydroxyl groups excluding tert-OH is 1. The van der Waals surface area contributed by atoms with E-state index in [1.807, 2.05) is 0 Å². The van der Waals surface area contributed by atoms with Crippen molar-refractivity contribution in [1.29, 1.82) is 0 Å². The summed E-state index contributed by atoms with van der Waals surface area (Å²) in [6.45, 7) is 1.44. The third kappa shape index (κ3) is 2.52. The summed E-state index contributed by atoms with van der Waals surface area (Å²) in [6, 6.07) is 3.23. The fraction of sp³-hybridized carbons (Fsp3) is 0.333. The Labute approximate surface area is 108 Å². The minimum atomic E-state index is -4.73. The molecule has 1 aliphatic rings. The molecule has 0 amide bonds. The predicted octanol–water partition coefficient (Wildman–Crippen LogP) is 2.60. The fourth-order valence-electron chi connectivity index (χ4n) is 2.11. The number of fused-ring (bicyclic) bond motifs is 1. The van der Waals surface area contributed by atoms with E-state index in [0.717, 1.165) is 11.5 Å². The Morgan fingerprint density at radius 3 is 2.47 bits per heavy atom. The molecule has 0 fully saturated rings. The maximum Gasteiger partial charge on any atom is 0.417 e. The van der Waals surface area contributed by atoms with Crippen LogP contribution in [0.4, 0.5) is 13.2 Å². The van der Waals surface area contributed by atoms with Crippen LogP contribution < -0.4 is 0 Å². The summed E-state index contributed by atoms with van der Waals surface area (Å²) in [5.74, 6) is 0. The zero-order chi connectivity index (χ0) is 14.4. The van der Waals surface area contributed by atoms with Crippen molar-refractivity contribution < 1.29 is 26.7 Å². The van der Waals surface area contributed by atoms with Gasteiger partial charge in [0, 0.05) is 5.41 Å². The van der Waals surface area contributed by atoms with Crippen LogP contribution in [-0.4, -0.2) is 19.6 Å². The summed E-state index contributed by atoms with van der Waals surface area (Å²) in [5, 5.41) is 10.1. The van der Waals surface area contributed by atoms with Crippen LogP contribution in [0.2, 0.25) is 0 Å². The number of rotatable bonds is 2. The molecule has 1 N–H and O–H groups in total. The van der Waals surface area contributed by atoms with E-state index < -0.39 is 32.6 Å². The second-order valence-electron chi connectivity index (χ2n) is 4.42. The van der Waals surface area contributed by atoms with Crippen LogP contribution in [0, 0.1) is 0 Å². The van der Waals surface area contributed by atoms with E-state index in [4.69, 9.17) is 0 Å². The Balaban J connectivity index is 2.67. The average molecular weight is 292 g/mol. The zero-order valence-electron chi connectivity index (χ0n) is 9.90. The minimum absolute atomic E-state index is 0.00641. The topological polar surface area (TPSA) is 54.4 Å².